The smallest absolute Gasteiger partial charge is 0.272 e. The van der Waals surface area contributed by atoms with Crippen molar-refractivity contribution in [2.24, 2.45) is 0 Å². The summed E-state index contributed by atoms with van der Waals surface area (Å²) in [5, 5.41) is 13.0. The van der Waals surface area contributed by atoms with Gasteiger partial charge in [0.2, 0.25) is 0 Å². The second-order valence-electron chi connectivity index (χ2n) is 4.94. The highest BCUT2D eigenvalue weighted by atomic mass is 16.3. The largest absolute Gasteiger partial charge is 0.388 e. The van der Waals surface area contributed by atoms with Gasteiger partial charge in [-0.15, -0.1) is 0 Å². The molecule has 5 heteroatoms. The molecule has 0 aliphatic carbocycles. The molecule has 1 fully saturated rings. The van der Waals surface area contributed by atoms with Crippen LogP contribution in [-0.2, 0) is 0 Å². The Morgan fingerprint density at radius 1 is 1.61 bits per heavy atom. The van der Waals surface area contributed by atoms with Crippen LogP contribution in [0.1, 0.15) is 30.8 Å². The number of rotatable bonds is 3. The number of aromatic nitrogens is 1. The highest BCUT2D eigenvalue weighted by Crippen LogP contribution is 2.21. The molecule has 1 unspecified atom stereocenters. The number of β-amino-alcohol motifs (C(OH)–C–C–N with tert-alkyl or cyclic N) is 1. The minimum Gasteiger partial charge on any atom is -0.388 e. The fourth-order valence-electron chi connectivity index (χ4n) is 2.11. The van der Waals surface area contributed by atoms with E-state index >= 15 is 0 Å². The van der Waals surface area contributed by atoms with Gasteiger partial charge in [-0.05, 0) is 32.4 Å². The van der Waals surface area contributed by atoms with E-state index in [-0.39, 0.29) is 5.91 Å². The highest BCUT2D eigenvalue weighted by molar-refractivity contribution is 5.92. The van der Waals surface area contributed by atoms with Crippen LogP contribution < -0.4 is 5.32 Å². The molecule has 1 amide bonds. The Hall–Kier alpha value is -1.62. The number of nitrogens with one attached hydrogen (secondary N) is 1. The van der Waals surface area contributed by atoms with Crippen LogP contribution in [0.4, 0.5) is 5.69 Å². The maximum Gasteiger partial charge on any atom is 0.272 e. The molecule has 0 bridgehead atoms. The maximum atomic E-state index is 12.1. The molecule has 1 saturated heterocycles. The zero-order valence-corrected chi connectivity index (χ0v) is 10.8. The van der Waals surface area contributed by atoms with Crippen molar-refractivity contribution >= 4 is 11.6 Å². The summed E-state index contributed by atoms with van der Waals surface area (Å²) in [6, 6.07) is 3.56. The fourth-order valence-corrected chi connectivity index (χ4v) is 2.11. The van der Waals surface area contributed by atoms with Gasteiger partial charge in [0.25, 0.3) is 5.91 Å². The summed E-state index contributed by atoms with van der Waals surface area (Å²) in [5.41, 5.74) is 0.566. The second-order valence-corrected chi connectivity index (χ2v) is 4.94. The van der Waals surface area contributed by atoms with Crippen molar-refractivity contribution in [2.45, 2.75) is 25.9 Å². The van der Waals surface area contributed by atoms with Gasteiger partial charge in [-0.1, -0.05) is 0 Å². The number of hydrogen-bond acceptors (Lipinski definition) is 4. The number of carbonyl (C=O) groups is 1. The Bertz CT molecular complexity index is 428. The summed E-state index contributed by atoms with van der Waals surface area (Å²) in [5.74, 6) is -0.115. The molecule has 1 aliphatic heterocycles. The van der Waals surface area contributed by atoms with Crippen LogP contribution in [0.25, 0.3) is 0 Å². The van der Waals surface area contributed by atoms with Crippen molar-refractivity contribution in [2.75, 3.05) is 25.0 Å². The minimum absolute atomic E-state index is 0.115. The lowest BCUT2D eigenvalue weighted by atomic mass is 10.1. The third-order valence-corrected chi connectivity index (χ3v) is 3.10. The van der Waals surface area contributed by atoms with Gasteiger partial charge in [0.05, 0.1) is 17.5 Å². The maximum absolute atomic E-state index is 12.1. The molecule has 1 aromatic rings. The molecule has 5 nitrogen and oxygen atoms in total. The predicted octanol–water partition coefficient (Wildman–Crippen LogP) is 1.11. The number of pyridine rings is 1. The molecule has 1 aliphatic rings. The zero-order valence-electron chi connectivity index (χ0n) is 10.8. The molecule has 0 radical (unpaired) electrons. The predicted molar refractivity (Wildman–Crippen MR) is 69.5 cm³/mol. The third kappa shape index (κ3) is 2.79. The Morgan fingerprint density at radius 2 is 2.39 bits per heavy atom. The summed E-state index contributed by atoms with van der Waals surface area (Å²) in [4.78, 5) is 17.9. The Morgan fingerprint density at radius 3 is 2.89 bits per heavy atom. The van der Waals surface area contributed by atoms with Crippen molar-refractivity contribution in [1.29, 1.82) is 0 Å². The number of hydrogen-bond donors (Lipinski definition) is 2. The third-order valence-electron chi connectivity index (χ3n) is 3.10. The summed E-state index contributed by atoms with van der Waals surface area (Å²) in [7, 11) is 0. The first-order chi connectivity index (χ1) is 8.52. The van der Waals surface area contributed by atoms with Crippen LogP contribution in [-0.4, -0.2) is 46.1 Å². The normalized spacial score (nSPS) is 23.2. The quantitative estimate of drug-likeness (QED) is 0.842. The van der Waals surface area contributed by atoms with E-state index in [1.165, 1.54) is 0 Å². The Balaban J connectivity index is 2.05. The van der Waals surface area contributed by atoms with E-state index in [1.807, 2.05) is 13.0 Å². The summed E-state index contributed by atoms with van der Waals surface area (Å²) >= 11 is 0. The number of amides is 1. The van der Waals surface area contributed by atoms with E-state index in [1.54, 1.807) is 24.1 Å². The molecular weight excluding hydrogens is 230 g/mol. The van der Waals surface area contributed by atoms with E-state index < -0.39 is 5.60 Å². The van der Waals surface area contributed by atoms with Gasteiger partial charge in [-0.25, -0.2) is 4.98 Å². The van der Waals surface area contributed by atoms with Crippen LogP contribution in [0, 0.1) is 0 Å². The average Bonchev–Trinajstić information content (AvgIpc) is 2.70. The van der Waals surface area contributed by atoms with E-state index in [2.05, 4.69) is 10.3 Å². The molecule has 2 N–H and O–H groups in total. The van der Waals surface area contributed by atoms with Gasteiger partial charge < -0.3 is 15.3 Å². The first-order valence-electron chi connectivity index (χ1n) is 6.23. The van der Waals surface area contributed by atoms with Crippen LogP contribution in [0.15, 0.2) is 18.3 Å². The number of aliphatic hydroxyl groups is 1. The van der Waals surface area contributed by atoms with Gasteiger partial charge in [0, 0.05) is 19.6 Å². The number of nitrogens with zero attached hydrogens (tertiary/aromatic N) is 2. The van der Waals surface area contributed by atoms with E-state index in [9.17, 15) is 9.90 Å². The average molecular weight is 249 g/mol. The Kier molecular flexibility index (Phi) is 3.52. The van der Waals surface area contributed by atoms with Crippen molar-refractivity contribution in [3.05, 3.63) is 24.0 Å². The van der Waals surface area contributed by atoms with Crippen LogP contribution in [0.5, 0.6) is 0 Å². The SMILES string of the molecule is CCNc1ccc(C(=O)N2CCC(C)(O)C2)nc1. The molecule has 18 heavy (non-hydrogen) atoms. The number of likely N-dealkylation sites (tertiary alicyclic amines) is 1. The van der Waals surface area contributed by atoms with E-state index in [0.717, 1.165) is 12.2 Å². The monoisotopic (exact) mass is 249 g/mol. The molecule has 1 atom stereocenters. The molecule has 2 heterocycles. The first kappa shape index (κ1) is 12.8. The van der Waals surface area contributed by atoms with Crippen molar-refractivity contribution < 1.29 is 9.90 Å². The molecule has 98 valence electrons. The lowest BCUT2D eigenvalue weighted by Gasteiger charge is -2.18. The van der Waals surface area contributed by atoms with Gasteiger partial charge in [-0.3, -0.25) is 4.79 Å². The first-order valence-corrected chi connectivity index (χ1v) is 6.23. The molecule has 0 saturated carbocycles. The molecule has 2 rings (SSSR count). The van der Waals surface area contributed by atoms with Crippen molar-refractivity contribution in [3.8, 4) is 0 Å². The molecular formula is C13H19N3O2. The van der Waals surface area contributed by atoms with Crippen LogP contribution in [0.3, 0.4) is 0 Å². The van der Waals surface area contributed by atoms with Gasteiger partial charge >= 0.3 is 0 Å². The summed E-state index contributed by atoms with van der Waals surface area (Å²) in [6.45, 7) is 5.54. The van der Waals surface area contributed by atoms with Crippen LogP contribution in [0.2, 0.25) is 0 Å². The Labute approximate surface area is 107 Å². The van der Waals surface area contributed by atoms with Gasteiger partial charge in [0.15, 0.2) is 0 Å². The topological polar surface area (TPSA) is 65.5 Å². The van der Waals surface area contributed by atoms with Crippen molar-refractivity contribution in [1.82, 2.24) is 9.88 Å². The van der Waals surface area contributed by atoms with E-state index in [0.29, 0.717) is 25.2 Å². The molecule has 1 aromatic heterocycles. The zero-order chi connectivity index (χ0) is 13.2. The minimum atomic E-state index is -0.765. The summed E-state index contributed by atoms with van der Waals surface area (Å²) in [6.07, 6.45) is 2.28. The lowest BCUT2D eigenvalue weighted by molar-refractivity contribution is 0.0569. The lowest BCUT2D eigenvalue weighted by Crippen LogP contribution is -2.34. The second kappa shape index (κ2) is 4.94. The van der Waals surface area contributed by atoms with Gasteiger partial charge in [-0.2, -0.15) is 0 Å². The summed E-state index contributed by atoms with van der Waals surface area (Å²) < 4.78 is 0. The standard InChI is InChI=1S/C13H19N3O2/c1-3-14-10-4-5-11(15-8-10)12(17)16-7-6-13(2,18)9-16/h4-5,8,14,18H,3,6-7,9H2,1-2H3. The molecule has 0 aromatic carbocycles. The fraction of sp³-hybridized carbons (Fsp3) is 0.538. The van der Waals surface area contributed by atoms with Crippen LogP contribution >= 0.6 is 0 Å². The number of anilines is 1. The van der Waals surface area contributed by atoms with E-state index in [4.69, 9.17) is 0 Å². The van der Waals surface area contributed by atoms with Crippen molar-refractivity contribution in [3.63, 3.8) is 0 Å². The highest BCUT2D eigenvalue weighted by Gasteiger charge is 2.34. The van der Waals surface area contributed by atoms with Gasteiger partial charge in [0.1, 0.15) is 5.69 Å². The number of carbonyl (C=O) groups excluding carboxylic acids is 1. The molecule has 0 spiro atoms.